The lowest BCUT2D eigenvalue weighted by Crippen LogP contribution is -2.05. The van der Waals surface area contributed by atoms with Crippen molar-refractivity contribution in [1.82, 2.24) is 10.1 Å². The summed E-state index contributed by atoms with van der Waals surface area (Å²) in [5, 5.41) is 3.92. The van der Waals surface area contributed by atoms with Crippen molar-refractivity contribution in [2.45, 2.75) is 53.4 Å². The number of nitrogens with zero attached hydrogens (tertiary/aromatic N) is 2. The van der Waals surface area contributed by atoms with E-state index < -0.39 is 0 Å². The Hall–Kier alpha value is -0.860. The summed E-state index contributed by atoms with van der Waals surface area (Å²) >= 11 is 0. The second kappa shape index (κ2) is 4.58. The summed E-state index contributed by atoms with van der Waals surface area (Å²) in [6.07, 6.45) is 4.09. The molecule has 0 aliphatic heterocycles. The summed E-state index contributed by atoms with van der Waals surface area (Å²) in [5.74, 6) is 1.60. The average Bonchev–Trinajstić information content (AvgIpc) is 2.50. The number of aryl methyl sites for hydroxylation is 2. The molecule has 0 aliphatic carbocycles. The molecule has 0 spiro atoms. The third-order valence-corrected chi connectivity index (χ3v) is 2.14. The second-order valence-corrected chi connectivity index (χ2v) is 4.87. The van der Waals surface area contributed by atoms with Crippen LogP contribution in [0.25, 0.3) is 0 Å². The van der Waals surface area contributed by atoms with Crippen LogP contribution in [0.4, 0.5) is 0 Å². The fourth-order valence-electron chi connectivity index (χ4n) is 1.31. The molecule has 0 atom stereocenters. The van der Waals surface area contributed by atoms with Gasteiger partial charge in [-0.25, -0.2) is 0 Å². The summed E-state index contributed by atoms with van der Waals surface area (Å²) in [5.41, 5.74) is 0.400. The van der Waals surface area contributed by atoms with Gasteiger partial charge in [-0.2, -0.15) is 4.98 Å². The molecule has 0 saturated carbocycles. The summed E-state index contributed by atoms with van der Waals surface area (Å²) in [4.78, 5) is 4.27. The highest BCUT2D eigenvalue weighted by Crippen LogP contribution is 2.21. The van der Waals surface area contributed by atoms with Gasteiger partial charge >= 0.3 is 0 Å². The van der Waals surface area contributed by atoms with Crippen LogP contribution in [0.1, 0.15) is 52.3 Å². The van der Waals surface area contributed by atoms with Gasteiger partial charge in [0.1, 0.15) is 0 Å². The quantitative estimate of drug-likeness (QED) is 0.743. The van der Waals surface area contributed by atoms with Crippen LogP contribution in [0.5, 0.6) is 0 Å². The Kier molecular flexibility index (Phi) is 3.67. The zero-order chi connectivity index (χ0) is 10.6. The third-order valence-electron chi connectivity index (χ3n) is 2.14. The van der Waals surface area contributed by atoms with E-state index in [2.05, 4.69) is 30.9 Å². The molecule has 14 heavy (non-hydrogen) atoms. The third kappa shape index (κ3) is 3.90. The molecule has 0 unspecified atom stereocenters. The van der Waals surface area contributed by atoms with E-state index in [1.54, 1.807) is 0 Å². The van der Waals surface area contributed by atoms with Crippen LogP contribution in [-0.4, -0.2) is 10.1 Å². The first-order valence-corrected chi connectivity index (χ1v) is 5.33. The van der Waals surface area contributed by atoms with E-state index in [4.69, 9.17) is 4.52 Å². The Balaban J connectivity index is 2.31. The van der Waals surface area contributed by atoms with E-state index >= 15 is 0 Å². The van der Waals surface area contributed by atoms with E-state index in [1.165, 1.54) is 6.42 Å². The molecule has 1 rings (SSSR count). The van der Waals surface area contributed by atoms with E-state index in [9.17, 15) is 0 Å². The molecule has 3 heteroatoms. The molecular weight excluding hydrogens is 176 g/mol. The van der Waals surface area contributed by atoms with Crippen LogP contribution >= 0.6 is 0 Å². The highest BCUT2D eigenvalue weighted by molar-refractivity contribution is 4.86. The van der Waals surface area contributed by atoms with Gasteiger partial charge in [-0.15, -0.1) is 0 Å². The molecule has 1 aromatic heterocycles. The lowest BCUT2D eigenvalue weighted by atomic mass is 9.90. The Morgan fingerprint density at radius 3 is 2.50 bits per heavy atom. The zero-order valence-electron chi connectivity index (χ0n) is 9.63. The van der Waals surface area contributed by atoms with Crippen LogP contribution in [0.3, 0.4) is 0 Å². The maximum atomic E-state index is 5.04. The van der Waals surface area contributed by atoms with Crippen molar-refractivity contribution >= 4 is 0 Å². The van der Waals surface area contributed by atoms with Crippen molar-refractivity contribution in [3.05, 3.63) is 11.7 Å². The first-order chi connectivity index (χ1) is 6.51. The van der Waals surface area contributed by atoms with Crippen LogP contribution in [0.15, 0.2) is 4.52 Å². The SMILES string of the molecule is CCc1nc(CCCC(C)(C)C)no1. The summed E-state index contributed by atoms with van der Waals surface area (Å²) < 4.78 is 5.04. The Labute approximate surface area is 85.9 Å². The minimum absolute atomic E-state index is 0.400. The number of aromatic nitrogens is 2. The molecule has 1 heterocycles. The molecule has 0 N–H and O–H groups in total. The largest absolute Gasteiger partial charge is 0.339 e. The molecule has 0 amide bonds. The predicted octanol–water partition coefficient (Wildman–Crippen LogP) is 3.00. The summed E-state index contributed by atoms with van der Waals surface area (Å²) in [7, 11) is 0. The fraction of sp³-hybridized carbons (Fsp3) is 0.818. The van der Waals surface area contributed by atoms with Crippen molar-refractivity contribution in [1.29, 1.82) is 0 Å². The Morgan fingerprint density at radius 1 is 1.29 bits per heavy atom. The number of rotatable bonds is 4. The molecular formula is C11H20N2O. The van der Waals surface area contributed by atoms with Gasteiger partial charge in [0.15, 0.2) is 5.82 Å². The lowest BCUT2D eigenvalue weighted by Gasteiger charge is -2.16. The van der Waals surface area contributed by atoms with Crippen molar-refractivity contribution < 1.29 is 4.52 Å². The normalized spacial score (nSPS) is 12.0. The molecule has 0 saturated heterocycles. The average molecular weight is 196 g/mol. The monoisotopic (exact) mass is 196 g/mol. The topological polar surface area (TPSA) is 38.9 Å². The predicted molar refractivity (Wildman–Crippen MR) is 56.1 cm³/mol. The van der Waals surface area contributed by atoms with Gasteiger partial charge in [0.05, 0.1) is 0 Å². The maximum Gasteiger partial charge on any atom is 0.226 e. The second-order valence-electron chi connectivity index (χ2n) is 4.87. The van der Waals surface area contributed by atoms with Gasteiger partial charge in [-0.3, -0.25) is 0 Å². The van der Waals surface area contributed by atoms with E-state index in [1.807, 2.05) is 6.92 Å². The Morgan fingerprint density at radius 2 is 2.00 bits per heavy atom. The van der Waals surface area contributed by atoms with Crippen molar-refractivity contribution in [3.8, 4) is 0 Å². The highest BCUT2D eigenvalue weighted by Gasteiger charge is 2.11. The van der Waals surface area contributed by atoms with Crippen LogP contribution in [0.2, 0.25) is 0 Å². The molecule has 0 fully saturated rings. The van der Waals surface area contributed by atoms with Gasteiger partial charge in [-0.05, 0) is 18.3 Å². The zero-order valence-corrected chi connectivity index (χ0v) is 9.63. The van der Waals surface area contributed by atoms with Gasteiger partial charge in [0, 0.05) is 12.8 Å². The van der Waals surface area contributed by atoms with Crippen molar-refractivity contribution in [2.75, 3.05) is 0 Å². The van der Waals surface area contributed by atoms with E-state index in [0.29, 0.717) is 5.41 Å². The molecule has 0 aromatic carbocycles. The highest BCUT2D eigenvalue weighted by atomic mass is 16.5. The number of hydrogen-bond donors (Lipinski definition) is 0. The van der Waals surface area contributed by atoms with Gasteiger partial charge in [-0.1, -0.05) is 32.9 Å². The smallest absolute Gasteiger partial charge is 0.226 e. The fourth-order valence-corrected chi connectivity index (χ4v) is 1.31. The van der Waals surface area contributed by atoms with Crippen molar-refractivity contribution in [3.63, 3.8) is 0 Å². The van der Waals surface area contributed by atoms with Crippen molar-refractivity contribution in [2.24, 2.45) is 5.41 Å². The van der Waals surface area contributed by atoms with Gasteiger partial charge in [0.25, 0.3) is 0 Å². The standard InChI is InChI=1S/C11H20N2O/c1-5-10-12-9(13-14-10)7-6-8-11(2,3)4/h5-8H2,1-4H3. The number of hydrogen-bond acceptors (Lipinski definition) is 3. The molecule has 0 radical (unpaired) electrons. The van der Waals surface area contributed by atoms with Crippen LogP contribution in [0, 0.1) is 5.41 Å². The van der Waals surface area contributed by atoms with Gasteiger partial charge < -0.3 is 4.52 Å². The summed E-state index contributed by atoms with van der Waals surface area (Å²) in [6.45, 7) is 8.77. The molecule has 3 nitrogen and oxygen atoms in total. The maximum absolute atomic E-state index is 5.04. The van der Waals surface area contributed by atoms with E-state index in [0.717, 1.165) is 31.0 Å². The molecule has 1 aromatic rings. The van der Waals surface area contributed by atoms with E-state index in [-0.39, 0.29) is 0 Å². The van der Waals surface area contributed by atoms with Gasteiger partial charge in [0.2, 0.25) is 5.89 Å². The van der Waals surface area contributed by atoms with Crippen LogP contribution < -0.4 is 0 Å². The minimum atomic E-state index is 0.400. The first kappa shape index (κ1) is 11.2. The molecule has 0 aliphatic rings. The first-order valence-electron chi connectivity index (χ1n) is 5.33. The van der Waals surface area contributed by atoms with Crippen LogP contribution in [-0.2, 0) is 12.8 Å². The molecule has 0 bridgehead atoms. The lowest BCUT2D eigenvalue weighted by molar-refractivity contribution is 0.356. The minimum Gasteiger partial charge on any atom is -0.339 e. The Bertz CT molecular complexity index is 273. The summed E-state index contributed by atoms with van der Waals surface area (Å²) in [6, 6.07) is 0. The molecule has 80 valence electrons.